The zero-order valence-electron chi connectivity index (χ0n) is 13.3. The smallest absolute Gasteiger partial charge is 0.240 e. The van der Waals surface area contributed by atoms with Gasteiger partial charge in [-0.15, -0.1) is 10.2 Å². The van der Waals surface area contributed by atoms with Crippen molar-refractivity contribution >= 4 is 26.3 Å². The summed E-state index contributed by atoms with van der Waals surface area (Å²) in [6.45, 7) is 4.49. The zero-order chi connectivity index (χ0) is 17.2. The van der Waals surface area contributed by atoms with Gasteiger partial charge in [-0.1, -0.05) is 11.3 Å². The van der Waals surface area contributed by atoms with Gasteiger partial charge in [0.2, 0.25) is 15.0 Å². The van der Waals surface area contributed by atoms with Gasteiger partial charge in [-0.3, -0.25) is 0 Å². The first-order chi connectivity index (χ1) is 11.5. The fraction of sp³-hybridized carbons (Fsp3) is 0.357. The number of hydrogen-bond acceptors (Lipinski definition) is 7. The van der Waals surface area contributed by atoms with Crippen LogP contribution in [0.5, 0.6) is 5.75 Å². The Morgan fingerprint density at radius 2 is 2.00 bits per heavy atom. The third kappa shape index (κ3) is 3.55. The van der Waals surface area contributed by atoms with Crippen LogP contribution < -0.4 is 9.46 Å². The predicted octanol–water partition coefficient (Wildman–Crippen LogP) is 1.41. The van der Waals surface area contributed by atoms with Crippen LogP contribution in [0.25, 0.3) is 4.96 Å². The number of nitrogens with one attached hydrogen (secondary N) is 1. The van der Waals surface area contributed by atoms with E-state index in [-0.39, 0.29) is 11.4 Å². The van der Waals surface area contributed by atoms with Gasteiger partial charge in [0.1, 0.15) is 10.8 Å². The van der Waals surface area contributed by atoms with E-state index in [1.165, 1.54) is 23.5 Å². The Morgan fingerprint density at radius 1 is 1.25 bits per heavy atom. The summed E-state index contributed by atoms with van der Waals surface area (Å²) >= 11 is 1.40. The molecule has 8 nitrogen and oxygen atoms in total. The molecule has 0 atom stereocenters. The molecule has 0 aliphatic heterocycles. The topological polar surface area (TPSA) is 98.5 Å². The number of benzene rings is 1. The van der Waals surface area contributed by atoms with E-state index in [1.54, 1.807) is 16.6 Å². The van der Waals surface area contributed by atoms with Crippen molar-refractivity contribution in [2.24, 2.45) is 0 Å². The molecule has 0 unspecified atom stereocenters. The fourth-order valence-corrected chi connectivity index (χ4v) is 4.02. The summed E-state index contributed by atoms with van der Waals surface area (Å²) in [5.74, 6) is 1.36. The molecule has 0 bridgehead atoms. The van der Waals surface area contributed by atoms with Crippen molar-refractivity contribution in [2.45, 2.75) is 25.2 Å². The number of aromatic nitrogens is 4. The second-order valence-corrected chi connectivity index (χ2v) is 7.80. The standard InChI is InChI=1S/C14H17N5O3S2/c1-3-22-11-4-6-12(7-5-11)24(20,21)15-9-8-13-18-19-10(2)16-17-14(19)23-13/h4-7,15H,3,8-9H2,1-2H3. The summed E-state index contributed by atoms with van der Waals surface area (Å²) in [5, 5.41) is 13.1. The van der Waals surface area contributed by atoms with Gasteiger partial charge < -0.3 is 4.74 Å². The molecule has 2 heterocycles. The summed E-state index contributed by atoms with van der Waals surface area (Å²) in [6, 6.07) is 6.34. The lowest BCUT2D eigenvalue weighted by molar-refractivity contribution is 0.340. The number of nitrogens with zero attached hydrogens (tertiary/aromatic N) is 4. The fourth-order valence-electron chi connectivity index (χ4n) is 2.11. The largest absolute Gasteiger partial charge is 0.494 e. The third-order valence-electron chi connectivity index (χ3n) is 3.26. The maximum Gasteiger partial charge on any atom is 0.240 e. The van der Waals surface area contributed by atoms with Crippen molar-refractivity contribution in [3.05, 3.63) is 35.1 Å². The average Bonchev–Trinajstić information content (AvgIpc) is 3.10. The molecular weight excluding hydrogens is 350 g/mol. The van der Waals surface area contributed by atoms with E-state index >= 15 is 0 Å². The van der Waals surface area contributed by atoms with Crippen molar-refractivity contribution in [3.63, 3.8) is 0 Å². The van der Waals surface area contributed by atoms with E-state index < -0.39 is 10.0 Å². The van der Waals surface area contributed by atoms with Gasteiger partial charge in [-0.2, -0.15) is 9.61 Å². The number of rotatable bonds is 7. The van der Waals surface area contributed by atoms with E-state index in [0.717, 1.165) is 5.01 Å². The Morgan fingerprint density at radius 3 is 2.67 bits per heavy atom. The minimum absolute atomic E-state index is 0.208. The number of sulfonamides is 1. The Balaban J connectivity index is 1.62. The van der Waals surface area contributed by atoms with E-state index in [1.807, 2.05) is 13.8 Å². The van der Waals surface area contributed by atoms with Crippen molar-refractivity contribution in [1.82, 2.24) is 24.5 Å². The van der Waals surface area contributed by atoms with Crippen LogP contribution in [0, 0.1) is 6.92 Å². The van der Waals surface area contributed by atoms with Crippen LogP contribution in [0.2, 0.25) is 0 Å². The van der Waals surface area contributed by atoms with Crippen LogP contribution in [-0.2, 0) is 16.4 Å². The second kappa shape index (κ2) is 6.83. The van der Waals surface area contributed by atoms with Crippen LogP contribution in [0.4, 0.5) is 0 Å². The lowest BCUT2D eigenvalue weighted by Crippen LogP contribution is -2.26. The highest BCUT2D eigenvalue weighted by atomic mass is 32.2. The number of aryl methyl sites for hydroxylation is 1. The van der Waals surface area contributed by atoms with Gasteiger partial charge in [-0.05, 0) is 38.1 Å². The maximum atomic E-state index is 12.3. The lowest BCUT2D eigenvalue weighted by Gasteiger charge is -2.07. The Kier molecular flexibility index (Phi) is 4.78. The average molecular weight is 367 g/mol. The summed E-state index contributed by atoms with van der Waals surface area (Å²) < 4.78 is 34.1. The highest BCUT2D eigenvalue weighted by Gasteiger charge is 2.14. The summed E-state index contributed by atoms with van der Waals surface area (Å²) in [4.78, 5) is 0.914. The van der Waals surface area contributed by atoms with Crippen molar-refractivity contribution in [3.8, 4) is 5.75 Å². The minimum Gasteiger partial charge on any atom is -0.494 e. The van der Waals surface area contributed by atoms with Gasteiger partial charge in [0.05, 0.1) is 11.5 Å². The van der Waals surface area contributed by atoms with Crippen LogP contribution in [0.1, 0.15) is 17.8 Å². The molecule has 3 aromatic rings. The van der Waals surface area contributed by atoms with Gasteiger partial charge >= 0.3 is 0 Å². The number of hydrogen-bond donors (Lipinski definition) is 1. The first-order valence-electron chi connectivity index (χ1n) is 7.40. The second-order valence-electron chi connectivity index (χ2n) is 4.99. The minimum atomic E-state index is -3.55. The molecule has 0 aliphatic carbocycles. The molecule has 24 heavy (non-hydrogen) atoms. The zero-order valence-corrected chi connectivity index (χ0v) is 14.9. The Labute approximate surface area is 143 Å². The van der Waals surface area contributed by atoms with E-state index in [2.05, 4.69) is 20.0 Å². The maximum absolute atomic E-state index is 12.3. The highest BCUT2D eigenvalue weighted by molar-refractivity contribution is 7.89. The SMILES string of the molecule is CCOc1ccc(S(=O)(=O)NCCc2nn3c(C)nnc3s2)cc1. The third-order valence-corrected chi connectivity index (χ3v) is 5.70. The molecule has 10 heteroatoms. The molecule has 1 N–H and O–H groups in total. The van der Waals surface area contributed by atoms with Gasteiger partial charge in [0.25, 0.3) is 0 Å². The Bertz CT molecular complexity index is 931. The van der Waals surface area contributed by atoms with Crippen molar-refractivity contribution < 1.29 is 13.2 Å². The van der Waals surface area contributed by atoms with E-state index in [9.17, 15) is 8.42 Å². The predicted molar refractivity (Wildman–Crippen MR) is 89.9 cm³/mol. The molecule has 0 spiro atoms. The molecule has 1 aromatic carbocycles. The van der Waals surface area contributed by atoms with Gasteiger partial charge in [0.15, 0.2) is 5.82 Å². The molecule has 0 aliphatic rings. The summed E-state index contributed by atoms with van der Waals surface area (Å²) in [6.07, 6.45) is 0.490. The van der Waals surface area contributed by atoms with Crippen LogP contribution in [0.15, 0.2) is 29.2 Å². The molecular formula is C14H17N5O3S2. The van der Waals surface area contributed by atoms with E-state index in [0.29, 0.717) is 29.6 Å². The summed E-state index contributed by atoms with van der Waals surface area (Å²) in [7, 11) is -3.55. The summed E-state index contributed by atoms with van der Waals surface area (Å²) in [5.41, 5.74) is 0. The van der Waals surface area contributed by atoms with E-state index in [4.69, 9.17) is 4.74 Å². The van der Waals surface area contributed by atoms with Crippen LogP contribution in [-0.4, -0.2) is 41.4 Å². The van der Waals surface area contributed by atoms with Crippen molar-refractivity contribution in [2.75, 3.05) is 13.2 Å². The molecule has 0 fully saturated rings. The quantitative estimate of drug-likeness (QED) is 0.678. The first-order valence-corrected chi connectivity index (χ1v) is 9.70. The molecule has 0 saturated heterocycles. The number of ether oxygens (including phenoxy) is 1. The van der Waals surface area contributed by atoms with Crippen molar-refractivity contribution in [1.29, 1.82) is 0 Å². The first kappa shape index (κ1) is 16.8. The molecule has 0 radical (unpaired) electrons. The van der Waals surface area contributed by atoms with Gasteiger partial charge in [-0.25, -0.2) is 13.1 Å². The lowest BCUT2D eigenvalue weighted by atomic mass is 10.3. The monoisotopic (exact) mass is 367 g/mol. The normalized spacial score (nSPS) is 11.9. The molecule has 2 aromatic heterocycles. The molecule has 128 valence electrons. The molecule has 0 amide bonds. The molecule has 0 saturated carbocycles. The Hall–Kier alpha value is -2.04. The van der Waals surface area contributed by atoms with Gasteiger partial charge in [0, 0.05) is 13.0 Å². The molecule has 3 rings (SSSR count). The highest BCUT2D eigenvalue weighted by Crippen LogP contribution is 2.17. The van der Waals surface area contributed by atoms with Crippen LogP contribution in [0.3, 0.4) is 0 Å². The van der Waals surface area contributed by atoms with Crippen LogP contribution >= 0.6 is 11.3 Å². The number of fused-ring (bicyclic) bond motifs is 1.